The maximum atomic E-state index is 6.22. The molecule has 0 unspecified atom stereocenters. The molecule has 3 nitrogen and oxygen atoms in total. The second-order valence-electron chi connectivity index (χ2n) is 5.48. The van der Waals surface area contributed by atoms with E-state index in [2.05, 4.69) is 30.7 Å². The normalized spacial score (nSPS) is 11.0. The third-order valence-corrected chi connectivity index (χ3v) is 3.53. The van der Waals surface area contributed by atoms with Crippen LogP contribution in [0.4, 0.5) is 0 Å². The summed E-state index contributed by atoms with van der Waals surface area (Å²) in [6, 6.07) is 7.81. The quantitative estimate of drug-likeness (QED) is 0.751. The molecule has 1 aromatic heterocycles. The fraction of sp³-hybridized carbons (Fsp3) is 0.412. The Morgan fingerprint density at radius 1 is 1.14 bits per heavy atom. The van der Waals surface area contributed by atoms with Crippen LogP contribution in [0.2, 0.25) is 5.15 Å². The molecule has 0 N–H and O–H groups in total. The number of halogens is 1. The first-order chi connectivity index (χ1) is 10.0. The summed E-state index contributed by atoms with van der Waals surface area (Å²) in [4.78, 5) is 8.93. The third-order valence-electron chi connectivity index (χ3n) is 3.21. The monoisotopic (exact) mass is 304 g/mol. The third kappa shape index (κ3) is 3.94. The lowest BCUT2D eigenvalue weighted by molar-refractivity contribution is 0.271. The molecule has 21 heavy (non-hydrogen) atoms. The summed E-state index contributed by atoms with van der Waals surface area (Å²) in [6.45, 7) is 8.99. The molecule has 2 aromatic rings. The van der Waals surface area contributed by atoms with Crippen LogP contribution in [0.15, 0.2) is 24.3 Å². The van der Waals surface area contributed by atoms with Gasteiger partial charge in [0.1, 0.15) is 10.9 Å². The van der Waals surface area contributed by atoms with E-state index in [-0.39, 0.29) is 0 Å². The number of rotatable bonds is 5. The van der Waals surface area contributed by atoms with Gasteiger partial charge in [-0.05, 0) is 43.5 Å². The van der Waals surface area contributed by atoms with Crippen LogP contribution in [0, 0.1) is 12.8 Å². The highest BCUT2D eigenvalue weighted by atomic mass is 35.5. The summed E-state index contributed by atoms with van der Waals surface area (Å²) in [5, 5.41) is 0.542. The van der Waals surface area contributed by atoms with Gasteiger partial charge < -0.3 is 4.74 Å². The van der Waals surface area contributed by atoms with E-state index in [1.807, 2.05) is 31.2 Å². The van der Waals surface area contributed by atoms with Crippen molar-refractivity contribution in [3.8, 4) is 17.1 Å². The van der Waals surface area contributed by atoms with E-state index >= 15 is 0 Å². The van der Waals surface area contributed by atoms with Gasteiger partial charge in [0.15, 0.2) is 5.82 Å². The molecule has 0 saturated heterocycles. The first kappa shape index (κ1) is 15.8. The van der Waals surface area contributed by atoms with E-state index in [4.69, 9.17) is 16.3 Å². The molecule has 0 aliphatic rings. The van der Waals surface area contributed by atoms with Gasteiger partial charge in [0.2, 0.25) is 0 Å². The minimum Gasteiger partial charge on any atom is -0.493 e. The van der Waals surface area contributed by atoms with Gasteiger partial charge in [0.05, 0.1) is 6.61 Å². The van der Waals surface area contributed by atoms with Crippen LogP contribution in [0.1, 0.15) is 32.0 Å². The fourth-order valence-electron chi connectivity index (χ4n) is 2.05. The van der Waals surface area contributed by atoms with Crippen molar-refractivity contribution < 1.29 is 4.74 Å². The smallest absolute Gasteiger partial charge is 0.161 e. The number of nitrogens with zero attached hydrogens (tertiary/aromatic N) is 2. The summed E-state index contributed by atoms with van der Waals surface area (Å²) in [5.74, 6) is 2.03. The Labute approximate surface area is 131 Å². The molecule has 1 heterocycles. The van der Waals surface area contributed by atoms with Crippen molar-refractivity contribution in [2.75, 3.05) is 6.61 Å². The summed E-state index contributed by atoms with van der Waals surface area (Å²) in [5.41, 5.74) is 2.89. The molecule has 0 aliphatic heterocycles. The Morgan fingerprint density at radius 3 is 2.33 bits per heavy atom. The van der Waals surface area contributed by atoms with Gasteiger partial charge in [-0.15, -0.1) is 0 Å². The van der Waals surface area contributed by atoms with Gasteiger partial charge in [-0.2, -0.15) is 0 Å². The average Bonchev–Trinajstić information content (AvgIpc) is 2.45. The van der Waals surface area contributed by atoms with E-state index in [9.17, 15) is 0 Å². The molecule has 0 fully saturated rings. The summed E-state index contributed by atoms with van der Waals surface area (Å²) < 4.78 is 5.68. The minimum absolute atomic E-state index is 0.510. The van der Waals surface area contributed by atoms with Crippen LogP contribution < -0.4 is 4.74 Å². The molecule has 0 bridgehead atoms. The molecule has 0 saturated carbocycles. The number of hydrogen-bond donors (Lipinski definition) is 0. The molecule has 112 valence electrons. The SMILES string of the molecule is CCc1c(C)nc(-c2ccc(OCC(C)C)cc2)nc1Cl. The zero-order valence-corrected chi connectivity index (χ0v) is 13.7. The lowest BCUT2D eigenvalue weighted by Crippen LogP contribution is -2.04. The first-order valence-electron chi connectivity index (χ1n) is 7.27. The Kier molecular flexibility index (Phi) is 5.18. The van der Waals surface area contributed by atoms with Crippen LogP contribution in [0.5, 0.6) is 5.75 Å². The van der Waals surface area contributed by atoms with Crippen LogP contribution in [0.3, 0.4) is 0 Å². The van der Waals surface area contributed by atoms with Gasteiger partial charge in [0, 0.05) is 16.8 Å². The van der Waals surface area contributed by atoms with Crippen LogP contribution >= 0.6 is 11.6 Å². The molecule has 0 amide bonds. The van der Waals surface area contributed by atoms with Gasteiger partial charge in [-0.1, -0.05) is 32.4 Å². The predicted octanol–water partition coefficient (Wildman–Crippen LogP) is 4.70. The molecule has 4 heteroatoms. The van der Waals surface area contributed by atoms with Crippen LogP contribution in [-0.2, 0) is 6.42 Å². The Balaban J connectivity index is 2.23. The number of hydrogen-bond acceptors (Lipinski definition) is 3. The highest BCUT2D eigenvalue weighted by molar-refractivity contribution is 6.30. The van der Waals surface area contributed by atoms with Crippen molar-refractivity contribution in [1.29, 1.82) is 0 Å². The van der Waals surface area contributed by atoms with Crippen molar-refractivity contribution in [2.24, 2.45) is 5.92 Å². The van der Waals surface area contributed by atoms with Crippen molar-refractivity contribution >= 4 is 11.6 Å². The van der Waals surface area contributed by atoms with Gasteiger partial charge in [0.25, 0.3) is 0 Å². The second-order valence-corrected chi connectivity index (χ2v) is 5.84. The molecule has 2 rings (SSSR count). The minimum atomic E-state index is 0.510. The molecule has 0 atom stereocenters. The summed E-state index contributed by atoms with van der Waals surface area (Å²) in [6.07, 6.45) is 0.840. The number of ether oxygens (including phenoxy) is 1. The van der Waals surface area contributed by atoms with E-state index in [0.29, 0.717) is 23.5 Å². The van der Waals surface area contributed by atoms with Crippen molar-refractivity contribution in [2.45, 2.75) is 34.1 Å². The zero-order valence-electron chi connectivity index (χ0n) is 13.0. The lowest BCUT2D eigenvalue weighted by atomic mass is 10.1. The maximum Gasteiger partial charge on any atom is 0.161 e. The van der Waals surface area contributed by atoms with Gasteiger partial charge in [-0.3, -0.25) is 0 Å². The maximum absolute atomic E-state index is 6.22. The molecular formula is C17H21ClN2O. The number of aromatic nitrogens is 2. The lowest BCUT2D eigenvalue weighted by Gasteiger charge is -2.10. The largest absolute Gasteiger partial charge is 0.493 e. The topological polar surface area (TPSA) is 35.0 Å². The fourth-order valence-corrected chi connectivity index (χ4v) is 2.41. The predicted molar refractivity (Wildman–Crippen MR) is 86.9 cm³/mol. The Bertz CT molecular complexity index is 586. The molecular weight excluding hydrogens is 284 g/mol. The first-order valence-corrected chi connectivity index (χ1v) is 7.65. The van der Waals surface area contributed by atoms with E-state index in [1.54, 1.807) is 0 Å². The highest BCUT2D eigenvalue weighted by Crippen LogP contribution is 2.24. The number of benzene rings is 1. The standard InChI is InChI=1S/C17H21ClN2O/c1-5-15-12(4)19-17(20-16(15)18)13-6-8-14(9-7-13)21-10-11(2)3/h6-9,11H,5,10H2,1-4H3. The molecule has 0 radical (unpaired) electrons. The van der Waals surface area contributed by atoms with Crippen molar-refractivity contribution in [3.63, 3.8) is 0 Å². The van der Waals surface area contributed by atoms with Crippen molar-refractivity contribution in [1.82, 2.24) is 9.97 Å². The Morgan fingerprint density at radius 2 is 1.81 bits per heavy atom. The summed E-state index contributed by atoms with van der Waals surface area (Å²) >= 11 is 6.22. The molecule has 0 aliphatic carbocycles. The van der Waals surface area contributed by atoms with E-state index in [1.165, 1.54) is 0 Å². The van der Waals surface area contributed by atoms with Crippen LogP contribution in [0.25, 0.3) is 11.4 Å². The highest BCUT2D eigenvalue weighted by Gasteiger charge is 2.10. The van der Waals surface area contributed by atoms with E-state index in [0.717, 1.165) is 29.0 Å². The van der Waals surface area contributed by atoms with Crippen molar-refractivity contribution in [3.05, 3.63) is 40.7 Å². The summed E-state index contributed by atoms with van der Waals surface area (Å²) in [7, 11) is 0. The number of aryl methyl sites for hydroxylation is 1. The van der Waals surface area contributed by atoms with Crippen LogP contribution in [-0.4, -0.2) is 16.6 Å². The Hall–Kier alpha value is -1.61. The van der Waals surface area contributed by atoms with E-state index < -0.39 is 0 Å². The second kappa shape index (κ2) is 6.90. The van der Waals surface area contributed by atoms with Gasteiger partial charge in [-0.25, -0.2) is 9.97 Å². The average molecular weight is 305 g/mol. The zero-order chi connectivity index (χ0) is 15.4. The molecule has 1 aromatic carbocycles. The van der Waals surface area contributed by atoms with Gasteiger partial charge >= 0.3 is 0 Å². The molecule has 0 spiro atoms.